The van der Waals surface area contributed by atoms with E-state index in [-0.39, 0.29) is 0 Å². The third-order valence-electron chi connectivity index (χ3n) is 2.43. The van der Waals surface area contributed by atoms with E-state index in [2.05, 4.69) is 16.1 Å². The molecule has 0 aromatic rings. The minimum Gasteiger partial charge on any atom is -0.468 e. The molecule has 0 aliphatic heterocycles. The molecule has 0 aromatic carbocycles. The van der Waals surface area contributed by atoms with Crippen LogP contribution in [-0.4, -0.2) is 26.2 Å². The first-order valence-electron chi connectivity index (χ1n) is 4.92. The number of carbonyl (C=O) groups is 2. The summed E-state index contributed by atoms with van der Waals surface area (Å²) in [6, 6.07) is 0. The van der Waals surface area contributed by atoms with Crippen LogP contribution in [0.1, 0.15) is 20.3 Å². The van der Waals surface area contributed by atoms with Crippen LogP contribution in [0.15, 0.2) is 23.8 Å². The molecule has 0 heterocycles. The fraction of sp³-hybridized carbons (Fsp3) is 0.500. The number of rotatable bonds is 5. The van der Waals surface area contributed by atoms with Crippen molar-refractivity contribution < 1.29 is 19.1 Å². The zero-order valence-corrected chi connectivity index (χ0v) is 10.2. The van der Waals surface area contributed by atoms with Crippen LogP contribution in [0.2, 0.25) is 0 Å². The van der Waals surface area contributed by atoms with Crippen LogP contribution < -0.4 is 0 Å². The molecule has 0 radical (unpaired) electrons. The number of hydrogen-bond acceptors (Lipinski definition) is 4. The Balaban J connectivity index is 5.18. The Labute approximate surface area is 95.9 Å². The number of ether oxygens (including phenoxy) is 2. The Kier molecular flexibility index (Phi) is 6.15. The van der Waals surface area contributed by atoms with Gasteiger partial charge in [-0.3, -0.25) is 9.59 Å². The third-order valence-corrected chi connectivity index (χ3v) is 2.43. The lowest BCUT2D eigenvalue weighted by molar-refractivity contribution is -0.156. The van der Waals surface area contributed by atoms with Gasteiger partial charge in [-0.15, -0.1) is 6.58 Å². The highest BCUT2D eigenvalue weighted by molar-refractivity contribution is 5.98. The van der Waals surface area contributed by atoms with Crippen LogP contribution in [-0.2, 0) is 19.1 Å². The van der Waals surface area contributed by atoms with Crippen LogP contribution in [0.4, 0.5) is 0 Å². The SMILES string of the molecule is C=CC/C(C)=C(\C)C(C(=O)OC)C(=O)OC. The summed E-state index contributed by atoms with van der Waals surface area (Å²) in [6.45, 7) is 7.17. The molecule has 4 nitrogen and oxygen atoms in total. The first-order chi connectivity index (χ1) is 7.49. The second kappa shape index (κ2) is 6.82. The largest absolute Gasteiger partial charge is 0.468 e. The summed E-state index contributed by atoms with van der Waals surface area (Å²) in [7, 11) is 2.49. The maximum absolute atomic E-state index is 11.5. The minimum atomic E-state index is -0.977. The molecular formula is C12H18O4. The standard InChI is InChI=1S/C12H18O4/c1-6-7-8(2)9(3)10(11(13)15-4)12(14)16-5/h6,10H,1,7H2,2-5H3/b9-8+. The van der Waals surface area contributed by atoms with Gasteiger partial charge in [-0.1, -0.05) is 11.6 Å². The van der Waals surface area contributed by atoms with Gasteiger partial charge in [-0.2, -0.15) is 0 Å². The van der Waals surface area contributed by atoms with E-state index in [9.17, 15) is 9.59 Å². The minimum absolute atomic E-state index is 0.604. The van der Waals surface area contributed by atoms with Gasteiger partial charge in [0.2, 0.25) is 0 Å². The Hall–Kier alpha value is -1.58. The van der Waals surface area contributed by atoms with Gasteiger partial charge in [-0.05, 0) is 25.8 Å². The molecule has 0 aliphatic carbocycles. The maximum atomic E-state index is 11.5. The van der Waals surface area contributed by atoms with E-state index in [1.165, 1.54) is 14.2 Å². The second-order valence-corrected chi connectivity index (χ2v) is 3.44. The zero-order valence-electron chi connectivity index (χ0n) is 10.2. The molecule has 0 amide bonds. The average Bonchev–Trinajstić information content (AvgIpc) is 2.28. The van der Waals surface area contributed by atoms with Gasteiger partial charge in [0, 0.05) is 0 Å². The monoisotopic (exact) mass is 226 g/mol. The molecule has 4 heteroatoms. The molecule has 0 rings (SSSR count). The summed E-state index contributed by atoms with van der Waals surface area (Å²) in [5, 5.41) is 0. The van der Waals surface area contributed by atoms with Crippen molar-refractivity contribution in [2.75, 3.05) is 14.2 Å². The van der Waals surface area contributed by atoms with Crippen LogP contribution >= 0.6 is 0 Å². The quantitative estimate of drug-likeness (QED) is 0.408. The maximum Gasteiger partial charge on any atom is 0.324 e. The highest BCUT2D eigenvalue weighted by Crippen LogP contribution is 2.20. The van der Waals surface area contributed by atoms with Gasteiger partial charge in [0.05, 0.1) is 14.2 Å². The van der Waals surface area contributed by atoms with Gasteiger partial charge < -0.3 is 9.47 Å². The summed E-state index contributed by atoms with van der Waals surface area (Å²) in [5.41, 5.74) is 1.56. The molecular weight excluding hydrogens is 208 g/mol. The lowest BCUT2D eigenvalue weighted by Crippen LogP contribution is -2.28. The number of carbonyl (C=O) groups excluding carboxylic acids is 2. The number of esters is 2. The Bertz CT molecular complexity index is 299. The van der Waals surface area contributed by atoms with Gasteiger partial charge in [0.25, 0.3) is 0 Å². The molecule has 0 fully saturated rings. The molecule has 0 spiro atoms. The van der Waals surface area contributed by atoms with E-state index >= 15 is 0 Å². The zero-order chi connectivity index (χ0) is 12.7. The number of methoxy groups -OCH3 is 2. The summed E-state index contributed by atoms with van der Waals surface area (Å²) >= 11 is 0. The third kappa shape index (κ3) is 3.53. The molecule has 90 valence electrons. The highest BCUT2D eigenvalue weighted by Gasteiger charge is 2.31. The van der Waals surface area contributed by atoms with Crippen LogP contribution in [0.3, 0.4) is 0 Å². The molecule has 16 heavy (non-hydrogen) atoms. The molecule has 0 aliphatic rings. The van der Waals surface area contributed by atoms with Crippen LogP contribution in [0.5, 0.6) is 0 Å². The van der Waals surface area contributed by atoms with Crippen molar-refractivity contribution >= 4 is 11.9 Å². The average molecular weight is 226 g/mol. The molecule has 0 bridgehead atoms. The topological polar surface area (TPSA) is 52.6 Å². The van der Waals surface area contributed by atoms with Gasteiger partial charge >= 0.3 is 11.9 Å². The second-order valence-electron chi connectivity index (χ2n) is 3.44. The van der Waals surface area contributed by atoms with Gasteiger partial charge in [0.15, 0.2) is 5.92 Å². The van der Waals surface area contributed by atoms with Crippen LogP contribution in [0.25, 0.3) is 0 Å². The fourth-order valence-electron chi connectivity index (χ4n) is 1.31. The Morgan fingerprint density at radius 3 is 1.94 bits per heavy atom. The van der Waals surface area contributed by atoms with E-state index < -0.39 is 17.9 Å². The fourth-order valence-corrected chi connectivity index (χ4v) is 1.31. The van der Waals surface area contributed by atoms with E-state index in [0.717, 1.165) is 5.57 Å². The summed E-state index contributed by atoms with van der Waals surface area (Å²) in [6.07, 6.45) is 2.33. The Morgan fingerprint density at radius 2 is 1.62 bits per heavy atom. The van der Waals surface area contributed by atoms with Crippen molar-refractivity contribution in [3.63, 3.8) is 0 Å². The van der Waals surface area contributed by atoms with Crippen molar-refractivity contribution in [3.8, 4) is 0 Å². The lowest BCUT2D eigenvalue weighted by Gasteiger charge is -2.15. The van der Waals surface area contributed by atoms with Crippen molar-refractivity contribution in [3.05, 3.63) is 23.8 Å². The molecule has 0 unspecified atom stereocenters. The van der Waals surface area contributed by atoms with E-state index in [1.807, 2.05) is 6.92 Å². The first kappa shape index (κ1) is 14.4. The van der Waals surface area contributed by atoms with Crippen molar-refractivity contribution in [2.24, 2.45) is 5.92 Å². The first-order valence-corrected chi connectivity index (χ1v) is 4.92. The molecule has 0 aromatic heterocycles. The summed E-state index contributed by atoms with van der Waals surface area (Å²) in [5.74, 6) is -2.18. The lowest BCUT2D eigenvalue weighted by atomic mass is 9.95. The van der Waals surface area contributed by atoms with Crippen LogP contribution in [0, 0.1) is 5.92 Å². The highest BCUT2D eigenvalue weighted by atomic mass is 16.5. The molecule has 0 N–H and O–H groups in total. The van der Waals surface area contributed by atoms with E-state index in [0.29, 0.717) is 12.0 Å². The van der Waals surface area contributed by atoms with Crippen molar-refractivity contribution in [1.82, 2.24) is 0 Å². The van der Waals surface area contributed by atoms with Gasteiger partial charge in [-0.25, -0.2) is 0 Å². The van der Waals surface area contributed by atoms with Gasteiger partial charge in [0.1, 0.15) is 0 Å². The normalized spacial score (nSPS) is 11.8. The van der Waals surface area contributed by atoms with Crippen molar-refractivity contribution in [1.29, 1.82) is 0 Å². The smallest absolute Gasteiger partial charge is 0.324 e. The van der Waals surface area contributed by atoms with Crippen molar-refractivity contribution in [2.45, 2.75) is 20.3 Å². The predicted octanol–water partition coefficient (Wildman–Crippen LogP) is 1.86. The van der Waals surface area contributed by atoms with E-state index in [4.69, 9.17) is 0 Å². The molecule has 0 atom stereocenters. The predicted molar refractivity (Wildman–Crippen MR) is 60.7 cm³/mol. The summed E-state index contributed by atoms with van der Waals surface area (Å²) in [4.78, 5) is 23.0. The summed E-state index contributed by atoms with van der Waals surface area (Å²) < 4.78 is 9.17. The molecule has 0 saturated heterocycles. The molecule has 0 saturated carbocycles. The number of allylic oxidation sites excluding steroid dienone is 2. The Morgan fingerprint density at radius 1 is 1.19 bits per heavy atom. The van der Waals surface area contributed by atoms with E-state index in [1.54, 1.807) is 13.0 Å². The number of hydrogen-bond donors (Lipinski definition) is 0.